The molecule has 0 saturated heterocycles. The van der Waals surface area contributed by atoms with Crippen LogP contribution in [0.2, 0.25) is 0 Å². The van der Waals surface area contributed by atoms with E-state index < -0.39 is 23.5 Å². The van der Waals surface area contributed by atoms with Gasteiger partial charge in [-0.3, -0.25) is 4.68 Å². The zero-order valence-corrected chi connectivity index (χ0v) is 11.7. The number of aryl methyl sites for hydroxylation is 1. The van der Waals surface area contributed by atoms with Crippen molar-refractivity contribution in [1.82, 2.24) is 9.78 Å². The van der Waals surface area contributed by atoms with Crippen LogP contribution in [0.4, 0.5) is 17.6 Å². The van der Waals surface area contributed by atoms with Crippen LogP contribution in [0.25, 0.3) is 11.3 Å². The maximum absolute atomic E-state index is 13.3. The fourth-order valence-electron chi connectivity index (χ4n) is 1.94. The fraction of sp³-hybridized carbons (Fsp3) is 0.286. The Labute approximate surface area is 123 Å². The molecule has 0 aliphatic heterocycles. The number of aromatic nitrogens is 2. The summed E-state index contributed by atoms with van der Waals surface area (Å²) in [6.45, 7) is 1.77. The predicted octanol–water partition coefficient (Wildman–Crippen LogP) is 3.42. The van der Waals surface area contributed by atoms with Crippen LogP contribution in [0.3, 0.4) is 0 Å². The summed E-state index contributed by atoms with van der Waals surface area (Å²) in [5, 5.41) is 3.89. The normalized spacial score (nSPS) is 11.5. The van der Waals surface area contributed by atoms with Gasteiger partial charge in [0.15, 0.2) is 5.69 Å². The average molecular weight is 316 g/mol. The van der Waals surface area contributed by atoms with E-state index in [1.54, 1.807) is 6.92 Å². The molecule has 0 amide bonds. The Bertz CT molecular complexity index is 707. The van der Waals surface area contributed by atoms with Crippen molar-refractivity contribution in [1.29, 1.82) is 0 Å². The van der Waals surface area contributed by atoms with E-state index in [0.29, 0.717) is 6.07 Å². The SMILES string of the molecule is CCOC(=O)c1cc(-c2ccc(F)c(C(F)(F)F)c2)n(C)n1. The van der Waals surface area contributed by atoms with Crippen molar-refractivity contribution in [3.05, 3.63) is 41.3 Å². The Balaban J connectivity index is 2.47. The molecule has 4 nitrogen and oxygen atoms in total. The van der Waals surface area contributed by atoms with Crippen molar-refractivity contribution in [2.75, 3.05) is 6.61 Å². The van der Waals surface area contributed by atoms with Gasteiger partial charge in [0.05, 0.1) is 17.9 Å². The lowest BCUT2D eigenvalue weighted by Crippen LogP contribution is -2.08. The molecule has 1 aromatic carbocycles. The highest BCUT2D eigenvalue weighted by atomic mass is 19.4. The summed E-state index contributed by atoms with van der Waals surface area (Å²) in [6, 6.07) is 3.90. The summed E-state index contributed by atoms with van der Waals surface area (Å²) in [6.07, 6.45) is -4.80. The van der Waals surface area contributed by atoms with Gasteiger partial charge in [0.25, 0.3) is 0 Å². The third-order valence-corrected chi connectivity index (χ3v) is 2.93. The van der Waals surface area contributed by atoms with Gasteiger partial charge in [0.1, 0.15) is 5.82 Å². The number of alkyl halides is 3. The minimum absolute atomic E-state index is 0.0303. The number of benzene rings is 1. The molecule has 2 rings (SSSR count). The van der Waals surface area contributed by atoms with Gasteiger partial charge in [0.2, 0.25) is 0 Å². The Hall–Kier alpha value is -2.38. The molecule has 0 fully saturated rings. The summed E-state index contributed by atoms with van der Waals surface area (Å²) >= 11 is 0. The van der Waals surface area contributed by atoms with Crippen LogP contribution >= 0.6 is 0 Å². The van der Waals surface area contributed by atoms with E-state index in [4.69, 9.17) is 4.74 Å². The van der Waals surface area contributed by atoms with Gasteiger partial charge in [-0.25, -0.2) is 9.18 Å². The van der Waals surface area contributed by atoms with Crippen molar-refractivity contribution in [2.45, 2.75) is 13.1 Å². The van der Waals surface area contributed by atoms with Crippen LogP contribution in [0.5, 0.6) is 0 Å². The number of esters is 1. The quantitative estimate of drug-likeness (QED) is 0.644. The van der Waals surface area contributed by atoms with Gasteiger partial charge in [-0.1, -0.05) is 0 Å². The van der Waals surface area contributed by atoms with Crippen LogP contribution in [-0.4, -0.2) is 22.4 Å². The largest absolute Gasteiger partial charge is 0.461 e. The molecule has 1 heterocycles. The third kappa shape index (κ3) is 3.10. The highest BCUT2D eigenvalue weighted by Gasteiger charge is 2.34. The van der Waals surface area contributed by atoms with Gasteiger partial charge in [-0.05, 0) is 31.2 Å². The minimum atomic E-state index is -4.80. The first-order valence-electron chi connectivity index (χ1n) is 6.32. The molecule has 0 aliphatic carbocycles. The van der Waals surface area contributed by atoms with Crippen LogP contribution in [0, 0.1) is 5.82 Å². The summed E-state index contributed by atoms with van der Waals surface area (Å²) in [5.41, 5.74) is -1.06. The highest BCUT2D eigenvalue weighted by Crippen LogP contribution is 2.34. The van der Waals surface area contributed by atoms with E-state index in [-0.39, 0.29) is 23.6 Å². The van der Waals surface area contributed by atoms with E-state index in [9.17, 15) is 22.4 Å². The number of ether oxygens (including phenoxy) is 1. The third-order valence-electron chi connectivity index (χ3n) is 2.93. The number of hydrogen-bond acceptors (Lipinski definition) is 3. The number of rotatable bonds is 3. The van der Waals surface area contributed by atoms with Crippen LogP contribution in [0.15, 0.2) is 24.3 Å². The van der Waals surface area contributed by atoms with Crippen molar-refractivity contribution < 1.29 is 27.1 Å². The lowest BCUT2D eigenvalue weighted by atomic mass is 10.1. The van der Waals surface area contributed by atoms with Crippen molar-refractivity contribution >= 4 is 5.97 Å². The van der Waals surface area contributed by atoms with Crippen molar-refractivity contribution in [2.24, 2.45) is 7.05 Å². The molecular weight excluding hydrogens is 304 g/mol. The van der Waals surface area contributed by atoms with E-state index in [2.05, 4.69) is 5.10 Å². The zero-order chi connectivity index (χ0) is 16.5. The first-order valence-corrected chi connectivity index (χ1v) is 6.32. The molecule has 1 aromatic heterocycles. The Morgan fingerprint density at radius 1 is 1.32 bits per heavy atom. The molecule has 0 N–H and O–H groups in total. The van der Waals surface area contributed by atoms with Crippen molar-refractivity contribution in [3.63, 3.8) is 0 Å². The lowest BCUT2D eigenvalue weighted by Gasteiger charge is -2.10. The second-order valence-corrected chi connectivity index (χ2v) is 4.45. The molecule has 22 heavy (non-hydrogen) atoms. The first kappa shape index (κ1) is 16.0. The Kier molecular flexibility index (Phi) is 4.20. The number of carbonyl (C=O) groups excluding carboxylic acids is 1. The van der Waals surface area contributed by atoms with Crippen LogP contribution in [0.1, 0.15) is 23.0 Å². The summed E-state index contributed by atoms with van der Waals surface area (Å²) < 4.78 is 57.5. The molecule has 0 unspecified atom stereocenters. The average Bonchev–Trinajstić information content (AvgIpc) is 2.80. The van der Waals surface area contributed by atoms with E-state index in [1.807, 2.05) is 0 Å². The smallest absolute Gasteiger partial charge is 0.419 e. The van der Waals surface area contributed by atoms with Crippen LogP contribution in [-0.2, 0) is 18.0 Å². The van der Waals surface area contributed by atoms with Gasteiger partial charge >= 0.3 is 12.1 Å². The Morgan fingerprint density at radius 3 is 2.59 bits per heavy atom. The first-order chi connectivity index (χ1) is 10.2. The number of halogens is 4. The maximum atomic E-state index is 13.3. The number of hydrogen-bond donors (Lipinski definition) is 0. The number of nitrogens with zero attached hydrogens (tertiary/aromatic N) is 2. The summed E-state index contributed by atoms with van der Waals surface area (Å²) in [4.78, 5) is 11.6. The molecule has 0 saturated carbocycles. The molecule has 0 bridgehead atoms. The monoisotopic (exact) mass is 316 g/mol. The molecule has 8 heteroatoms. The van der Waals surface area contributed by atoms with Gasteiger partial charge in [-0.2, -0.15) is 18.3 Å². The Morgan fingerprint density at radius 2 is 2.00 bits per heavy atom. The predicted molar refractivity (Wildman–Crippen MR) is 69.6 cm³/mol. The van der Waals surface area contributed by atoms with Gasteiger partial charge in [0, 0.05) is 12.6 Å². The highest BCUT2D eigenvalue weighted by molar-refractivity contribution is 5.88. The number of carbonyl (C=O) groups is 1. The zero-order valence-electron chi connectivity index (χ0n) is 11.7. The van der Waals surface area contributed by atoms with Gasteiger partial charge in [-0.15, -0.1) is 0 Å². The minimum Gasteiger partial charge on any atom is -0.461 e. The van der Waals surface area contributed by atoms with E-state index in [0.717, 1.165) is 6.07 Å². The summed E-state index contributed by atoms with van der Waals surface area (Å²) in [7, 11) is 1.47. The molecule has 0 radical (unpaired) electrons. The molecule has 0 aliphatic rings. The van der Waals surface area contributed by atoms with Gasteiger partial charge < -0.3 is 4.74 Å². The molecule has 2 aromatic rings. The fourth-order valence-corrected chi connectivity index (χ4v) is 1.94. The topological polar surface area (TPSA) is 44.1 Å². The van der Waals surface area contributed by atoms with Crippen LogP contribution < -0.4 is 0 Å². The summed E-state index contributed by atoms with van der Waals surface area (Å²) in [5.74, 6) is -2.04. The molecule has 118 valence electrons. The lowest BCUT2D eigenvalue weighted by molar-refractivity contribution is -0.139. The maximum Gasteiger partial charge on any atom is 0.419 e. The molecule has 0 atom stereocenters. The van der Waals surface area contributed by atoms with E-state index >= 15 is 0 Å². The van der Waals surface area contributed by atoms with Crippen molar-refractivity contribution in [3.8, 4) is 11.3 Å². The standard InChI is InChI=1S/C14H12F4N2O2/c1-3-22-13(21)11-7-12(20(2)19-11)8-4-5-10(15)9(6-8)14(16,17)18/h4-7H,3H2,1-2H3. The molecular formula is C14H12F4N2O2. The van der Waals surface area contributed by atoms with E-state index in [1.165, 1.54) is 23.9 Å². The molecule has 0 spiro atoms. The second kappa shape index (κ2) is 5.78. The second-order valence-electron chi connectivity index (χ2n) is 4.45.